The van der Waals surface area contributed by atoms with Gasteiger partial charge in [-0.15, -0.1) is 11.3 Å². The van der Waals surface area contributed by atoms with Gasteiger partial charge in [0.2, 0.25) is 0 Å². The second-order valence-electron chi connectivity index (χ2n) is 6.85. The highest BCUT2D eigenvalue weighted by atomic mass is 32.2. The van der Waals surface area contributed by atoms with Crippen LogP contribution in [-0.4, -0.2) is 20.3 Å². The summed E-state index contributed by atoms with van der Waals surface area (Å²) < 4.78 is 32.6. The second-order valence-corrected chi connectivity index (χ2v) is 9.71. The number of benzene rings is 3. The molecule has 33 heavy (non-hydrogen) atoms. The van der Waals surface area contributed by atoms with Gasteiger partial charge in [0.25, 0.3) is 15.9 Å². The average Bonchev–Trinajstić information content (AvgIpc) is 3.37. The number of carbonyl (C=O) groups excluding carboxylic acids is 2. The van der Waals surface area contributed by atoms with E-state index in [9.17, 15) is 18.0 Å². The molecule has 0 radical (unpaired) electrons. The van der Waals surface area contributed by atoms with Crippen molar-refractivity contribution in [2.75, 3.05) is 10.0 Å². The van der Waals surface area contributed by atoms with Crippen LogP contribution in [0.5, 0.6) is 5.75 Å². The smallest absolute Gasteiger partial charge is 0.343 e. The first kappa shape index (κ1) is 22.3. The van der Waals surface area contributed by atoms with Crippen LogP contribution in [0.1, 0.15) is 20.7 Å². The average molecular weight is 479 g/mol. The fourth-order valence-electron chi connectivity index (χ4n) is 2.86. The summed E-state index contributed by atoms with van der Waals surface area (Å²) in [6, 6.07) is 24.3. The number of amides is 1. The van der Waals surface area contributed by atoms with Gasteiger partial charge in [0.05, 0.1) is 5.56 Å². The zero-order chi connectivity index (χ0) is 23.3. The molecule has 4 aromatic rings. The Bertz CT molecular complexity index is 1350. The molecule has 1 amide bonds. The molecule has 0 fully saturated rings. The topological polar surface area (TPSA) is 102 Å². The van der Waals surface area contributed by atoms with Crippen molar-refractivity contribution in [2.45, 2.75) is 4.21 Å². The largest absolute Gasteiger partial charge is 0.423 e. The number of hydrogen-bond acceptors (Lipinski definition) is 6. The van der Waals surface area contributed by atoms with Crippen LogP contribution in [0, 0.1) is 0 Å². The molecule has 0 bridgehead atoms. The number of rotatable bonds is 7. The van der Waals surface area contributed by atoms with Gasteiger partial charge in [0.1, 0.15) is 9.96 Å². The number of esters is 1. The van der Waals surface area contributed by atoms with Gasteiger partial charge in [0.15, 0.2) is 0 Å². The molecule has 166 valence electrons. The summed E-state index contributed by atoms with van der Waals surface area (Å²) in [4.78, 5) is 24.6. The van der Waals surface area contributed by atoms with E-state index in [0.29, 0.717) is 22.7 Å². The number of sulfonamides is 1. The monoisotopic (exact) mass is 478 g/mol. The van der Waals surface area contributed by atoms with Crippen LogP contribution in [0.4, 0.5) is 11.4 Å². The van der Waals surface area contributed by atoms with Crippen molar-refractivity contribution in [2.24, 2.45) is 0 Å². The molecule has 1 aromatic heterocycles. The lowest BCUT2D eigenvalue weighted by molar-refractivity contribution is 0.0734. The lowest BCUT2D eigenvalue weighted by Gasteiger charge is -2.09. The predicted octanol–water partition coefficient (Wildman–Crippen LogP) is 5.02. The standard InChI is InChI=1S/C24H18N2O5S2/c27-23(17-5-2-1-3-6-17)25-19-12-14-21(15-13-19)31-24(28)18-8-10-20(11-9-18)26-33(29,30)22-7-4-16-32-22/h1-16,26H,(H,25,27). The maximum absolute atomic E-state index is 12.4. The Hall–Kier alpha value is -3.95. The van der Waals surface area contributed by atoms with Crippen molar-refractivity contribution < 1.29 is 22.7 Å². The summed E-state index contributed by atoms with van der Waals surface area (Å²) in [6.45, 7) is 0. The molecule has 1 heterocycles. The van der Waals surface area contributed by atoms with E-state index in [0.717, 1.165) is 11.3 Å². The highest BCUT2D eigenvalue weighted by Crippen LogP contribution is 2.22. The van der Waals surface area contributed by atoms with E-state index < -0.39 is 16.0 Å². The molecule has 7 nitrogen and oxygen atoms in total. The molecule has 4 rings (SSSR count). The molecule has 0 aliphatic heterocycles. The van der Waals surface area contributed by atoms with Crippen LogP contribution in [0.15, 0.2) is 101 Å². The second kappa shape index (κ2) is 9.68. The summed E-state index contributed by atoms with van der Waals surface area (Å²) in [5.74, 6) is -0.529. The zero-order valence-electron chi connectivity index (χ0n) is 17.1. The molecule has 2 N–H and O–H groups in total. The third-order valence-electron chi connectivity index (χ3n) is 4.49. The van der Waals surface area contributed by atoms with Crippen LogP contribution in [0.2, 0.25) is 0 Å². The van der Waals surface area contributed by atoms with Gasteiger partial charge < -0.3 is 10.1 Å². The maximum Gasteiger partial charge on any atom is 0.343 e. The van der Waals surface area contributed by atoms with Gasteiger partial charge in [-0.25, -0.2) is 13.2 Å². The predicted molar refractivity (Wildman–Crippen MR) is 127 cm³/mol. The number of anilines is 2. The van der Waals surface area contributed by atoms with Crippen LogP contribution >= 0.6 is 11.3 Å². The van der Waals surface area contributed by atoms with E-state index in [1.165, 1.54) is 30.3 Å². The number of ether oxygens (including phenoxy) is 1. The van der Waals surface area contributed by atoms with Crippen molar-refractivity contribution in [1.29, 1.82) is 0 Å². The van der Waals surface area contributed by atoms with Gasteiger partial charge in [-0.3, -0.25) is 9.52 Å². The van der Waals surface area contributed by atoms with E-state index in [1.54, 1.807) is 60.0 Å². The van der Waals surface area contributed by atoms with Gasteiger partial charge in [0, 0.05) is 16.9 Å². The molecule has 0 saturated heterocycles. The first-order chi connectivity index (χ1) is 15.9. The molecule has 0 aliphatic carbocycles. The van der Waals surface area contributed by atoms with Crippen LogP contribution in [0.3, 0.4) is 0 Å². The summed E-state index contributed by atoms with van der Waals surface area (Å²) in [6.07, 6.45) is 0. The van der Waals surface area contributed by atoms with Gasteiger partial charge in [-0.05, 0) is 72.1 Å². The molecular formula is C24H18N2O5S2. The molecule has 0 atom stereocenters. The number of thiophene rings is 1. The zero-order valence-corrected chi connectivity index (χ0v) is 18.7. The van der Waals surface area contributed by atoms with E-state index >= 15 is 0 Å². The molecule has 0 unspecified atom stereocenters. The number of nitrogens with one attached hydrogen (secondary N) is 2. The minimum atomic E-state index is -3.66. The number of hydrogen-bond donors (Lipinski definition) is 2. The Morgan fingerprint density at radius 1 is 0.727 bits per heavy atom. The fraction of sp³-hybridized carbons (Fsp3) is 0. The highest BCUT2D eigenvalue weighted by Gasteiger charge is 2.16. The summed E-state index contributed by atoms with van der Waals surface area (Å²) in [5.41, 5.74) is 1.69. The first-order valence-electron chi connectivity index (χ1n) is 9.76. The molecular weight excluding hydrogens is 460 g/mol. The van der Waals surface area contributed by atoms with Crippen molar-refractivity contribution in [3.63, 3.8) is 0 Å². The lowest BCUT2D eigenvalue weighted by Crippen LogP contribution is -2.12. The van der Waals surface area contributed by atoms with Crippen LogP contribution in [-0.2, 0) is 10.0 Å². The van der Waals surface area contributed by atoms with Crippen molar-refractivity contribution >= 4 is 44.6 Å². The molecule has 0 saturated carbocycles. The van der Waals surface area contributed by atoms with Crippen molar-refractivity contribution in [1.82, 2.24) is 0 Å². The Labute approximate surface area is 194 Å². The molecule has 0 spiro atoms. The van der Waals surface area contributed by atoms with E-state index in [-0.39, 0.29) is 15.7 Å². The van der Waals surface area contributed by atoms with E-state index in [1.807, 2.05) is 6.07 Å². The van der Waals surface area contributed by atoms with Crippen LogP contribution < -0.4 is 14.8 Å². The first-order valence-corrected chi connectivity index (χ1v) is 12.1. The summed E-state index contributed by atoms with van der Waals surface area (Å²) in [5, 5.41) is 4.45. The van der Waals surface area contributed by atoms with Crippen molar-refractivity contribution in [3.8, 4) is 5.75 Å². The van der Waals surface area contributed by atoms with Crippen molar-refractivity contribution in [3.05, 3.63) is 108 Å². The fourth-order valence-corrected chi connectivity index (χ4v) is 4.91. The summed E-state index contributed by atoms with van der Waals surface area (Å²) in [7, 11) is -3.66. The third kappa shape index (κ3) is 5.65. The minimum absolute atomic E-state index is 0.203. The van der Waals surface area contributed by atoms with Gasteiger partial charge >= 0.3 is 5.97 Å². The maximum atomic E-state index is 12.4. The normalized spacial score (nSPS) is 10.9. The molecule has 9 heteroatoms. The Morgan fingerprint density at radius 2 is 1.39 bits per heavy atom. The van der Waals surface area contributed by atoms with E-state index in [2.05, 4.69) is 10.0 Å². The quantitative estimate of drug-likeness (QED) is 0.287. The SMILES string of the molecule is O=C(Nc1ccc(OC(=O)c2ccc(NS(=O)(=O)c3cccs3)cc2)cc1)c1ccccc1. The summed E-state index contributed by atoms with van der Waals surface area (Å²) >= 11 is 1.11. The highest BCUT2D eigenvalue weighted by molar-refractivity contribution is 7.94. The van der Waals surface area contributed by atoms with Gasteiger partial charge in [-0.2, -0.15) is 0 Å². The minimum Gasteiger partial charge on any atom is -0.423 e. The molecule has 0 aliphatic rings. The van der Waals surface area contributed by atoms with E-state index in [4.69, 9.17) is 4.74 Å². The Morgan fingerprint density at radius 3 is 2.03 bits per heavy atom. The Balaban J connectivity index is 1.35. The third-order valence-corrected chi connectivity index (χ3v) is 7.27. The lowest BCUT2D eigenvalue weighted by atomic mass is 10.2. The van der Waals surface area contributed by atoms with Gasteiger partial charge in [-0.1, -0.05) is 24.3 Å². The Kier molecular flexibility index (Phi) is 6.53. The van der Waals surface area contributed by atoms with Crippen LogP contribution in [0.25, 0.3) is 0 Å². The molecule has 3 aromatic carbocycles. The number of carbonyl (C=O) groups is 2.